The summed E-state index contributed by atoms with van der Waals surface area (Å²) in [6.07, 6.45) is 0. The van der Waals surface area contributed by atoms with Gasteiger partial charge >= 0.3 is 0 Å². The fourth-order valence-electron chi connectivity index (χ4n) is 5.77. The highest BCUT2D eigenvalue weighted by Crippen LogP contribution is 2.47. The number of nitrogens with one attached hydrogen (secondary N) is 1. The van der Waals surface area contributed by atoms with E-state index < -0.39 is 16.1 Å². The summed E-state index contributed by atoms with van der Waals surface area (Å²) in [5, 5.41) is 2.20. The number of methoxy groups -OCH3 is 1. The molecule has 0 radical (unpaired) electrons. The van der Waals surface area contributed by atoms with Crippen LogP contribution in [0.2, 0.25) is 0 Å². The summed E-state index contributed by atoms with van der Waals surface area (Å²) in [5.41, 5.74) is 2.70. The van der Waals surface area contributed by atoms with Gasteiger partial charge in [0.15, 0.2) is 0 Å². The van der Waals surface area contributed by atoms with Crippen molar-refractivity contribution in [3.8, 4) is 5.75 Å². The number of carbonyl (C=O) groups is 1. The topological polar surface area (TPSA) is 79.0 Å². The minimum atomic E-state index is -3.75. The van der Waals surface area contributed by atoms with E-state index in [0.717, 1.165) is 21.9 Å². The third-order valence-electron chi connectivity index (χ3n) is 7.59. The summed E-state index contributed by atoms with van der Waals surface area (Å²) in [4.78, 5) is 17.6. The molecule has 0 aromatic heterocycles. The predicted octanol–water partition coefficient (Wildman–Crippen LogP) is 4.38. The van der Waals surface area contributed by atoms with E-state index in [2.05, 4.69) is 27.8 Å². The Morgan fingerprint density at radius 2 is 1.53 bits per heavy atom. The fraction of sp³-hybridized carbons (Fsp3) is 0.233. The summed E-state index contributed by atoms with van der Waals surface area (Å²) >= 11 is 0. The SMILES string of the molecule is COc1cccc(C(=O)N2CCN([C@H]3c4cccc5cccc(c45)[C@@H]3NS(=O)(=O)c3ccccc3)CC2)c1. The highest BCUT2D eigenvalue weighted by molar-refractivity contribution is 7.89. The van der Waals surface area contributed by atoms with Crippen molar-refractivity contribution in [1.82, 2.24) is 14.5 Å². The molecule has 1 aliphatic carbocycles. The summed E-state index contributed by atoms with van der Waals surface area (Å²) in [6.45, 7) is 2.37. The van der Waals surface area contributed by atoms with E-state index in [1.165, 1.54) is 0 Å². The third kappa shape index (κ3) is 4.34. The summed E-state index contributed by atoms with van der Waals surface area (Å²) in [5.74, 6) is 0.626. The molecule has 0 spiro atoms. The van der Waals surface area contributed by atoms with Crippen molar-refractivity contribution in [3.63, 3.8) is 0 Å². The molecule has 4 aromatic carbocycles. The number of ether oxygens (including phenoxy) is 1. The molecule has 2 aliphatic rings. The molecule has 0 bridgehead atoms. The Hall–Kier alpha value is -3.72. The first-order chi connectivity index (χ1) is 18.5. The molecule has 0 unspecified atom stereocenters. The molecule has 1 fully saturated rings. The van der Waals surface area contributed by atoms with Crippen LogP contribution in [0.25, 0.3) is 10.8 Å². The summed E-state index contributed by atoms with van der Waals surface area (Å²) < 4.78 is 35.2. The Kier molecular flexibility index (Phi) is 6.39. The first-order valence-corrected chi connectivity index (χ1v) is 14.2. The molecule has 1 aliphatic heterocycles. The highest BCUT2D eigenvalue weighted by atomic mass is 32.2. The molecule has 0 saturated carbocycles. The average Bonchev–Trinajstić information content (AvgIpc) is 3.27. The van der Waals surface area contributed by atoms with E-state index in [4.69, 9.17) is 4.74 Å². The van der Waals surface area contributed by atoms with E-state index in [9.17, 15) is 13.2 Å². The van der Waals surface area contributed by atoms with E-state index >= 15 is 0 Å². The minimum Gasteiger partial charge on any atom is -0.497 e. The second-order valence-electron chi connectivity index (χ2n) is 9.71. The maximum atomic E-state index is 13.4. The Bertz CT molecular complexity index is 1590. The third-order valence-corrected chi connectivity index (χ3v) is 9.04. The van der Waals surface area contributed by atoms with Gasteiger partial charge in [-0.2, -0.15) is 0 Å². The van der Waals surface area contributed by atoms with Crippen molar-refractivity contribution < 1.29 is 17.9 Å². The molecular formula is C30H29N3O4S. The molecule has 6 rings (SSSR count). The van der Waals surface area contributed by atoms with Crippen LogP contribution in [0.3, 0.4) is 0 Å². The molecule has 7 nitrogen and oxygen atoms in total. The van der Waals surface area contributed by atoms with E-state index in [0.29, 0.717) is 37.5 Å². The van der Waals surface area contributed by atoms with Crippen LogP contribution in [-0.4, -0.2) is 57.4 Å². The minimum absolute atomic E-state index is 0.0262. The average molecular weight is 528 g/mol. The zero-order valence-electron chi connectivity index (χ0n) is 21.1. The van der Waals surface area contributed by atoms with Gasteiger partial charge < -0.3 is 9.64 Å². The van der Waals surface area contributed by atoms with Crippen LogP contribution in [0.1, 0.15) is 33.6 Å². The van der Waals surface area contributed by atoms with Crippen LogP contribution in [0, 0.1) is 0 Å². The molecule has 1 N–H and O–H groups in total. The van der Waals surface area contributed by atoms with Gasteiger partial charge in [-0.15, -0.1) is 0 Å². The molecule has 8 heteroatoms. The maximum absolute atomic E-state index is 13.4. The predicted molar refractivity (Wildman–Crippen MR) is 147 cm³/mol. The Balaban J connectivity index is 1.29. The van der Waals surface area contributed by atoms with E-state index in [1.54, 1.807) is 49.6 Å². The quantitative estimate of drug-likeness (QED) is 0.403. The lowest BCUT2D eigenvalue weighted by molar-refractivity contribution is 0.0539. The van der Waals surface area contributed by atoms with Gasteiger partial charge in [-0.25, -0.2) is 13.1 Å². The number of piperazine rings is 1. The molecule has 1 saturated heterocycles. The molecule has 1 heterocycles. The molecule has 4 aromatic rings. The van der Waals surface area contributed by atoms with Gasteiger partial charge in [0.25, 0.3) is 5.91 Å². The van der Waals surface area contributed by atoms with Crippen molar-refractivity contribution in [3.05, 3.63) is 108 Å². The van der Waals surface area contributed by atoms with Crippen LogP contribution in [0.4, 0.5) is 0 Å². The monoisotopic (exact) mass is 527 g/mol. The lowest BCUT2D eigenvalue weighted by atomic mass is 10.0. The highest BCUT2D eigenvalue weighted by Gasteiger charge is 2.41. The molecule has 194 valence electrons. The second-order valence-corrected chi connectivity index (χ2v) is 11.4. The van der Waals surface area contributed by atoms with Crippen LogP contribution in [0.15, 0.2) is 95.9 Å². The van der Waals surface area contributed by atoms with Gasteiger partial charge in [-0.1, -0.05) is 60.7 Å². The zero-order valence-corrected chi connectivity index (χ0v) is 21.9. The van der Waals surface area contributed by atoms with Gasteiger partial charge in [-0.3, -0.25) is 9.69 Å². The number of sulfonamides is 1. The first kappa shape index (κ1) is 24.6. The van der Waals surface area contributed by atoms with E-state index in [-0.39, 0.29) is 16.8 Å². The van der Waals surface area contributed by atoms with Crippen molar-refractivity contribution in [2.24, 2.45) is 0 Å². The smallest absolute Gasteiger partial charge is 0.254 e. The maximum Gasteiger partial charge on any atom is 0.254 e. The number of hydrogen-bond acceptors (Lipinski definition) is 5. The molecule has 1 amide bonds. The van der Waals surface area contributed by atoms with Crippen LogP contribution in [-0.2, 0) is 10.0 Å². The van der Waals surface area contributed by atoms with Crippen LogP contribution in [0.5, 0.6) is 5.75 Å². The standard InChI is InChI=1S/C30H29N3O4S/c1-37-23-11-5-10-22(20-23)30(34)33-18-16-32(17-19-33)29-26-15-7-9-21-8-6-14-25(27(21)26)28(29)31-38(35,36)24-12-3-2-4-13-24/h2-15,20,28-29,31H,16-19H2,1H3/t28-,29-/m0/s1. The second kappa shape index (κ2) is 9.87. The van der Waals surface area contributed by atoms with Crippen molar-refractivity contribution in [2.75, 3.05) is 33.3 Å². The normalized spacial score (nSPS) is 19.6. The molecular weight excluding hydrogens is 498 g/mol. The number of rotatable bonds is 6. The molecule has 2 atom stereocenters. The van der Waals surface area contributed by atoms with Gasteiger partial charge in [0.2, 0.25) is 10.0 Å². The lowest BCUT2D eigenvalue weighted by Crippen LogP contribution is -2.51. The van der Waals surface area contributed by atoms with Crippen LogP contribution < -0.4 is 9.46 Å². The van der Waals surface area contributed by atoms with Gasteiger partial charge in [0, 0.05) is 31.7 Å². The number of carbonyl (C=O) groups excluding carboxylic acids is 1. The number of hydrogen-bond donors (Lipinski definition) is 1. The number of nitrogens with zero attached hydrogens (tertiary/aromatic N) is 2. The van der Waals surface area contributed by atoms with Crippen LogP contribution >= 0.6 is 0 Å². The summed E-state index contributed by atoms with van der Waals surface area (Å²) in [7, 11) is -2.16. The zero-order chi connectivity index (χ0) is 26.3. The first-order valence-electron chi connectivity index (χ1n) is 12.7. The van der Waals surface area contributed by atoms with Gasteiger partial charge in [0.05, 0.1) is 24.1 Å². The fourth-order valence-corrected chi connectivity index (χ4v) is 7.01. The van der Waals surface area contributed by atoms with Gasteiger partial charge in [-0.05, 0) is 52.2 Å². The molecule has 38 heavy (non-hydrogen) atoms. The van der Waals surface area contributed by atoms with E-state index in [1.807, 2.05) is 35.2 Å². The van der Waals surface area contributed by atoms with Crippen molar-refractivity contribution in [2.45, 2.75) is 17.0 Å². The summed E-state index contributed by atoms with van der Waals surface area (Å²) in [6, 6.07) is 27.4. The lowest BCUT2D eigenvalue weighted by Gasteiger charge is -2.40. The Morgan fingerprint density at radius 1 is 0.842 bits per heavy atom. The largest absolute Gasteiger partial charge is 0.497 e. The van der Waals surface area contributed by atoms with Crippen molar-refractivity contribution in [1.29, 1.82) is 0 Å². The Labute approximate surface area is 222 Å². The van der Waals surface area contributed by atoms with Crippen molar-refractivity contribution >= 4 is 26.7 Å². The van der Waals surface area contributed by atoms with Gasteiger partial charge in [0.1, 0.15) is 5.75 Å². The number of benzene rings is 4. The Morgan fingerprint density at radius 3 is 2.24 bits per heavy atom. The number of amides is 1.